The highest BCUT2D eigenvalue weighted by Gasteiger charge is 2.63. The number of carbonyl (C=O) groups is 3. The SMILES string of the molecule is C=C/C=C\c1c(CN(CCC)CCC)ccc(-c2ccc(O)c3c2C[C@H]2C[C@H]4[C@H](N(C)C)C(O)=C(C(N)=O)C(=O)[C@@]4(O)C(O)=C2C3=O)c1C. The molecule has 0 fully saturated rings. The maximum absolute atomic E-state index is 14.3. The van der Waals surface area contributed by atoms with Crippen LogP contribution in [-0.4, -0.2) is 86.5 Å². The van der Waals surface area contributed by atoms with Crippen LogP contribution in [0.1, 0.15) is 65.7 Å². The molecule has 5 rings (SSSR count). The van der Waals surface area contributed by atoms with Gasteiger partial charge in [0.15, 0.2) is 11.4 Å². The van der Waals surface area contributed by atoms with Crippen LogP contribution in [0.15, 0.2) is 65.7 Å². The summed E-state index contributed by atoms with van der Waals surface area (Å²) in [7, 11) is 3.22. The van der Waals surface area contributed by atoms with Gasteiger partial charge in [0.1, 0.15) is 22.8 Å². The van der Waals surface area contributed by atoms with Crippen LogP contribution < -0.4 is 5.73 Å². The number of hydrogen-bond acceptors (Lipinski definition) is 9. The third kappa shape index (κ3) is 5.81. The van der Waals surface area contributed by atoms with Gasteiger partial charge in [0.25, 0.3) is 5.91 Å². The molecule has 3 aliphatic carbocycles. The fraction of sp³-hybridized carbons (Fsp3) is 0.410. The summed E-state index contributed by atoms with van der Waals surface area (Å²) in [5.41, 5.74) is 7.15. The Kier molecular flexibility index (Phi) is 10.1. The number of aliphatic hydroxyl groups excluding tert-OH is 2. The molecule has 4 atom stereocenters. The molecule has 2 aromatic rings. The molecule has 0 saturated heterocycles. The third-order valence-electron chi connectivity index (χ3n) is 10.4. The lowest BCUT2D eigenvalue weighted by Gasteiger charge is -2.50. The predicted octanol–water partition coefficient (Wildman–Crippen LogP) is 4.92. The van der Waals surface area contributed by atoms with Gasteiger partial charge in [-0.2, -0.15) is 0 Å². The Labute approximate surface area is 287 Å². The van der Waals surface area contributed by atoms with Crippen molar-refractivity contribution in [2.75, 3.05) is 27.2 Å². The molecule has 0 heterocycles. The number of ketones is 2. The maximum Gasteiger partial charge on any atom is 0.255 e. The van der Waals surface area contributed by atoms with Gasteiger partial charge in [-0.15, -0.1) is 0 Å². The second kappa shape index (κ2) is 13.8. The van der Waals surface area contributed by atoms with Gasteiger partial charge in [0, 0.05) is 18.0 Å². The van der Waals surface area contributed by atoms with Gasteiger partial charge in [-0.3, -0.25) is 24.2 Å². The maximum atomic E-state index is 14.3. The van der Waals surface area contributed by atoms with Crippen LogP contribution in [0.2, 0.25) is 0 Å². The molecule has 0 unspecified atom stereocenters. The van der Waals surface area contributed by atoms with E-state index in [4.69, 9.17) is 5.73 Å². The number of primary amides is 1. The van der Waals surface area contributed by atoms with Crippen molar-refractivity contribution in [1.29, 1.82) is 0 Å². The summed E-state index contributed by atoms with van der Waals surface area (Å²) in [5.74, 6) is -6.74. The lowest BCUT2D eigenvalue weighted by Crippen LogP contribution is -2.63. The molecule has 0 aliphatic heterocycles. The number of aromatic hydroxyl groups is 1. The average Bonchev–Trinajstić information content (AvgIpc) is 3.03. The number of fused-ring (bicyclic) bond motifs is 3. The molecule has 0 bridgehead atoms. The van der Waals surface area contributed by atoms with Crippen LogP contribution in [0.25, 0.3) is 17.2 Å². The number of amides is 1. The molecule has 260 valence electrons. The minimum Gasteiger partial charge on any atom is -0.510 e. The number of hydrogen-bond donors (Lipinski definition) is 5. The normalized spacial score (nSPS) is 23.7. The third-order valence-corrected chi connectivity index (χ3v) is 10.4. The topological polar surface area (TPSA) is 165 Å². The van der Waals surface area contributed by atoms with E-state index in [2.05, 4.69) is 31.4 Å². The van der Waals surface area contributed by atoms with Gasteiger partial charge in [0.2, 0.25) is 5.78 Å². The zero-order valence-corrected chi connectivity index (χ0v) is 28.9. The van der Waals surface area contributed by atoms with Crippen LogP contribution in [0.5, 0.6) is 5.75 Å². The van der Waals surface area contributed by atoms with Crippen LogP contribution in [0.3, 0.4) is 0 Å². The summed E-state index contributed by atoms with van der Waals surface area (Å²) < 4.78 is 0. The highest BCUT2D eigenvalue weighted by Crippen LogP contribution is 2.53. The summed E-state index contributed by atoms with van der Waals surface area (Å²) in [5, 5.41) is 45.7. The Balaban J connectivity index is 1.67. The number of carbonyl (C=O) groups excluding carboxylic acids is 3. The molecule has 49 heavy (non-hydrogen) atoms. The smallest absolute Gasteiger partial charge is 0.255 e. The summed E-state index contributed by atoms with van der Waals surface area (Å²) in [4.78, 5) is 44.1. The number of rotatable bonds is 11. The van der Waals surface area contributed by atoms with E-state index in [1.54, 1.807) is 31.1 Å². The number of aliphatic hydroxyl groups is 3. The van der Waals surface area contributed by atoms with E-state index in [1.807, 2.05) is 25.1 Å². The van der Waals surface area contributed by atoms with Crippen molar-refractivity contribution in [3.05, 3.63) is 93.5 Å². The van der Waals surface area contributed by atoms with Gasteiger partial charge in [-0.05, 0) is 105 Å². The number of nitrogens with two attached hydrogens (primary N) is 1. The summed E-state index contributed by atoms with van der Waals surface area (Å²) in [6, 6.07) is 6.33. The first-order valence-corrected chi connectivity index (χ1v) is 16.9. The van der Waals surface area contributed by atoms with Gasteiger partial charge in [-0.1, -0.05) is 56.9 Å². The van der Waals surface area contributed by atoms with Crippen molar-refractivity contribution >= 4 is 23.5 Å². The fourth-order valence-corrected chi connectivity index (χ4v) is 8.26. The molecule has 0 aromatic heterocycles. The number of phenolic OH excluding ortho intramolecular Hbond substituents is 1. The Bertz CT molecular complexity index is 1810. The first-order chi connectivity index (χ1) is 23.2. The van der Waals surface area contributed by atoms with E-state index in [-0.39, 0.29) is 29.7 Å². The zero-order chi connectivity index (χ0) is 35.9. The van der Waals surface area contributed by atoms with Gasteiger partial charge in [-0.25, -0.2) is 0 Å². The Morgan fingerprint density at radius 1 is 1.06 bits per heavy atom. The van der Waals surface area contributed by atoms with E-state index >= 15 is 0 Å². The van der Waals surface area contributed by atoms with E-state index in [1.165, 1.54) is 6.07 Å². The monoisotopic (exact) mass is 669 g/mol. The van der Waals surface area contributed by atoms with Crippen LogP contribution in [-0.2, 0) is 22.6 Å². The molecule has 10 nitrogen and oxygen atoms in total. The van der Waals surface area contributed by atoms with Gasteiger partial charge in [0.05, 0.1) is 11.6 Å². The van der Waals surface area contributed by atoms with Gasteiger partial charge >= 0.3 is 0 Å². The molecule has 0 spiro atoms. The van der Waals surface area contributed by atoms with Crippen molar-refractivity contribution in [2.45, 2.75) is 64.6 Å². The number of phenols is 1. The molecule has 1 amide bonds. The summed E-state index contributed by atoms with van der Waals surface area (Å²) >= 11 is 0. The number of Topliss-reactive ketones (excluding diaryl/α,β-unsaturated/α-hetero) is 2. The molecule has 0 saturated carbocycles. The average molecular weight is 670 g/mol. The minimum atomic E-state index is -2.68. The molecular formula is C39H47N3O7. The minimum absolute atomic E-state index is 0.0120. The van der Waals surface area contributed by atoms with E-state index in [0.717, 1.165) is 60.3 Å². The second-order valence-electron chi connectivity index (χ2n) is 13.6. The molecule has 2 aromatic carbocycles. The van der Waals surface area contributed by atoms with Crippen LogP contribution >= 0.6 is 0 Å². The van der Waals surface area contributed by atoms with Crippen molar-refractivity contribution in [1.82, 2.24) is 9.80 Å². The Morgan fingerprint density at radius 2 is 1.71 bits per heavy atom. The zero-order valence-electron chi connectivity index (χ0n) is 28.9. The molecule has 6 N–H and O–H groups in total. The Morgan fingerprint density at radius 3 is 2.31 bits per heavy atom. The van der Waals surface area contributed by atoms with Crippen molar-refractivity contribution < 1.29 is 34.8 Å². The molecule has 3 aliphatic rings. The second-order valence-corrected chi connectivity index (χ2v) is 13.6. The van der Waals surface area contributed by atoms with E-state index < -0.39 is 58.0 Å². The largest absolute Gasteiger partial charge is 0.510 e. The lowest BCUT2D eigenvalue weighted by atomic mass is 9.58. The molecule has 0 radical (unpaired) electrons. The quantitative estimate of drug-likeness (QED) is 0.165. The highest BCUT2D eigenvalue weighted by atomic mass is 16.3. The van der Waals surface area contributed by atoms with Gasteiger partial charge < -0.3 is 26.2 Å². The number of benzene rings is 2. The van der Waals surface area contributed by atoms with Crippen molar-refractivity contribution in [3.8, 4) is 16.9 Å². The molecule has 10 heteroatoms. The number of likely N-dealkylation sites (N-methyl/N-ethyl adjacent to an activating group) is 1. The van der Waals surface area contributed by atoms with E-state index in [9.17, 15) is 34.8 Å². The fourth-order valence-electron chi connectivity index (χ4n) is 8.26. The number of nitrogens with zero attached hydrogens (tertiary/aromatic N) is 2. The Hall–Kier alpha value is -4.51. The predicted molar refractivity (Wildman–Crippen MR) is 189 cm³/mol. The summed E-state index contributed by atoms with van der Waals surface area (Å²) in [6.45, 7) is 13.0. The van der Waals surface area contributed by atoms with E-state index in [0.29, 0.717) is 5.56 Å². The van der Waals surface area contributed by atoms with Crippen molar-refractivity contribution in [2.24, 2.45) is 17.6 Å². The molecular weight excluding hydrogens is 622 g/mol. The van der Waals surface area contributed by atoms with Crippen LogP contribution in [0.4, 0.5) is 0 Å². The first-order valence-electron chi connectivity index (χ1n) is 16.9. The van der Waals surface area contributed by atoms with Crippen molar-refractivity contribution in [3.63, 3.8) is 0 Å². The first kappa shape index (κ1) is 35.8. The van der Waals surface area contributed by atoms with Crippen LogP contribution in [0, 0.1) is 18.8 Å². The lowest BCUT2D eigenvalue weighted by molar-refractivity contribution is -0.148. The summed E-state index contributed by atoms with van der Waals surface area (Å²) in [6.07, 6.45) is 7.98. The number of allylic oxidation sites excluding steroid dienone is 3. The standard InChI is InChI=1S/C39H47N3O7/c1-7-10-11-24-21(4)25(13-12-22(24)20-42(16-8-2)17-9-3)26-14-15-29(43)31-27(26)18-23-19-28-33(41(5)6)35(45)32(38(40)48)37(47)39(28,49)36(46)30(23)34(31)44/h7,10-15,23,28,33,43,45-46,49H,1,8-9,16-20H2,2-6H3,(H2,40,48)/b11-10-/t23-,28-,33-,39-/m0/s1. The highest BCUT2D eigenvalue weighted by molar-refractivity contribution is 6.25.